The van der Waals surface area contributed by atoms with Crippen molar-refractivity contribution in [2.24, 2.45) is 0 Å². The molecule has 22 heavy (non-hydrogen) atoms. The average Bonchev–Trinajstić information content (AvgIpc) is 2.96. The Morgan fingerprint density at radius 2 is 2.09 bits per heavy atom. The first-order valence-corrected chi connectivity index (χ1v) is 6.80. The van der Waals surface area contributed by atoms with Crippen molar-refractivity contribution in [3.05, 3.63) is 59.7 Å². The Morgan fingerprint density at radius 3 is 2.95 bits per heavy atom. The molecule has 0 saturated heterocycles. The minimum Gasteiger partial charge on any atom is -0.350 e. The summed E-state index contributed by atoms with van der Waals surface area (Å²) in [5.74, 6) is -0.155. The fourth-order valence-electron chi connectivity index (χ4n) is 2.18. The molecule has 0 radical (unpaired) electrons. The summed E-state index contributed by atoms with van der Waals surface area (Å²) in [6.45, 7) is 0.486. The van der Waals surface area contributed by atoms with Gasteiger partial charge in [-0.15, -0.1) is 5.10 Å². The highest BCUT2D eigenvalue weighted by molar-refractivity contribution is 5.79. The average molecular weight is 291 g/mol. The van der Waals surface area contributed by atoms with Gasteiger partial charge in [0.2, 0.25) is 5.91 Å². The van der Waals surface area contributed by atoms with Crippen LogP contribution >= 0.6 is 0 Å². The summed E-state index contributed by atoms with van der Waals surface area (Å²) in [6.07, 6.45) is 0. The first-order valence-electron chi connectivity index (χ1n) is 6.80. The molecular weight excluding hydrogens is 278 g/mol. The van der Waals surface area contributed by atoms with Gasteiger partial charge in [-0.1, -0.05) is 29.5 Å². The third kappa shape index (κ3) is 2.94. The number of aromatic nitrogens is 3. The van der Waals surface area contributed by atoms with Crippen molar-refractivity contribution in [2.45, 2.75) is 13.1 Å². The minimum absolute atomic E-state index is 0.110. The zero-order valence-electron chi connectivity index (χ0n) is 11.7. The number of rotatable bonds is 4. The van der Waals surface area contributed by atoms with Crippen LogP contribution in [0.1, 0.15) is 11.1 Å². The summed E-state index contributed by atoms with van der Waals surface area (Å²) in [5, 5.41) is 19.7. The molecule has 1 N–H and O–H groups in total. The Balaban J connectivity index is 1.64. The van der Waals surface area contributed by atoms with Crippen molar-refractivity contribution in [1.82, 2.24) is 20.3 Å². The van der Waals surface area contributed by atoms with E-state index in [1.54, 1.807) is 22.9 Å². The molecule has 3 aromatic rings. The summed E-state index contributed by atoms with van der Waals surface area (Å²) in [7, 11) is 0. The highest BCUT2D eigenvalue weighted by Crippen LogP contribution is 2.09. The van der Waals surface area contributed by atoms with Gasteiger partial charge in [-0.05, 0) is 29.8 Å². The number of benzene rings is 2. The molecule has 0 spiro atoms. The van der Waals surface area contributed by atoms with Crippen LogP contribution in [0.5, 0.6) is 0 Å². The van der Waals surface area contributed by atoms with Crippen molar-refractivity contribution in [3.8, 4) is 6.07 Å². The molecule has 1 amide bonds. The van der Waals surface area contributed by atoms with E-state index in [1.165, 1.54) is 0 Å². The summed E-state index contributed by atoms with van der Waals surface area (Å²) < 4.78 is 1.57. The molecule has 0 bridgehead atoms. The zero-order valence-corrected chi connectivity index (χ0v) is 11.7. The van der Waals surface area contributed by atoms with E-state index in [0.717, 1.165) is 16.6 Å². The van der Waals surface area contributed by atoms with Gasteiger partial charge in [0.15, 0.2) is 0 Å². The van der Waals surface area contributed by atoms with Crippen molar-refractivity contribution in [3.63, 3.8) is 0 Å². The van der Waals surface area contributed by atoms with Crippen molar-refractivity contribution in [2.75, 3.05) is 0 Å². The van der Waals surface area contributed by atoms with Crippen LogP contribution in [0.4, 0.5) is 0 Å². The highest BCUT2D eigenvalue weighted by atomic mass is 16.2. The second-order valence-corrected chi connectivity index (χ2v) is 4.82. The quantitative estimate of drug-likeness (QED) is 0.791. The van der Waals surface area contributed by atoms with E-state index in [2.05, 4.69) is 21.7 Å². The van der Waals surface area contributed by atoms with E-state index < -0.39 is 0 Å². The molecule has 0 aliphatic rings. The second-order valence-electron chi connectivity index (χ2n) is 4.82. The third-order valence-corrected chi connectivity index (χ3v) is 3.26. The smallest absolute Gasteiger partial charge is 0.242 e. The topological polar surface area (TPSA) is 83.6 Å². The number of nitrogens with zero attached hydrogens (tertiary/aromatic N) is 4. The Hall–Kier alpha value is -3.20. The first kappa shape index (κ1) is 13.8. The summed E-state index contributed by atoms with van der Waals surface area (Å²) in [5.41, 5.74) is 3.05. The van der Waals surface area contributed by atoms with Gasteiger partial charge in [0.05, 0.1) is 17.1 Å². The summed E-state index contributed by atoms with van der Waals surface area (Å²) in [4.78, 5) is 12.0. The number of nitrogens with one attached hydrogen (secondary N) is 1. The predicted molar refractivity (Wildman–Crippen MR) is 80.5 cm³/mol. The number of amides is 1. The molecule has 6 heteroatoms. The van der Waals surface area contributed by atoms with E-state index in [4.69, 9.17) is 5.26 Å². The Morgan fingerprint density at radius 1 is 1.23 bits per heavy atom. The maximum atomic E-state index is 12.0. The van der Waals surface area contributed by atoms with Gasteiger partial charge in [-0.25, -0.2) is 4.68 Å². The SMILES string of the molecule is N#Cc1cccc(CNC(=O)Cn2nnc3ccccc32)c1. The van der Waals surface area contributed by atoms with Gasteiger partial charge in [0.1, 0.15) is 12.1 Å². The Labute approximate surface area is 127 Å². The van der Waals surface area contributed by atoms with Crippen molar-refractivity contribution < 1.29 is 4.79 Å². The van der Waals surface area contributed by atoms with Crippen LogP contribution in [0.15, 0.2) is 48.5 Å². The van der Waals surface area contributed by atoms with Crippen LogP contribution in [0.2, 0.25) is 0 Å². The second kappa shape index (κ2) is 6.06. The van der Waals surface area contributed by atoms with Crippen LogP contribution in [-0.2, 0) is 17.9 Å². The fourth-order valence-corrected chi connectivity index (χ4v) is 2.18. The van der Waals surface area contributed by atoms with Gasteiger partial charge in [-0.3, -0.25) is 4.79 Å². The predicted octanol–water partition coefficient (Wildman–Crippen LogP) is 1.62. The van der Waals surface area contributed by atoms with Crippen LogP contribution in [0.3, 0.4) is 0 Å². The third-order valence-electron chi connectivity index (χ3n) is 3.26. The summed E-state index contributed by atoms with van der Waals surface area (Å²) in [6, 6.07) is 16.7. The van der Waals surface area contributed by atoms with E-state index in [0.29, 0.717) is 12.1 Å². The number of nitriles is 1. The highest BCUT2D eigenvalue weighted by Gasteiger charge is 2.08. The molecule has 0 fully saturated rings. The molecule has 6 nitrogen and oxygen atoms in total. The summed E-state index contributed by atoms with van der Waals surface area (Å²) >= 11 is 0. The van der Waals surface area contributed by atoms with E-state index in [1.807, 2.05) is 30.3 Å². The fraction of sp³-hybridized carbons (Fsp3) is 0.125. The van der Waals surface area contributed by atoms with Crippen LogP contribution in [-0.4, -0.2) is 20.9 Å². The van der Waals surface area contributed by atoms with Crippen LogP contribution in [0.25, 0.3) is 11.0 Å². The maximum absolute atomic E-state index is 12.0. The molecule has 0 saturated carbocycles. The molecule has 108 valence electrons. The van der Waals surface area contributed by atoms with Gasteiger partial charge in [0.25, 0.3) is 0 Å². The lowest BCUT2D eigenvalue weighted by molar-refractivity contribution is -0.121. The molecule has 2 aromatic carbocycles. The lowest BCUT2D eigenvalue weighted by Crippen LogP contribution is -2.27. The molecule has 0 unspecified atom stereocenters. The Kier molecular flexibility index (Phi) is 3.79. The minimum atomic E-state index is -0.155. The number of fused-ring (bicyclic) bond motifs is 1. The largest absolute Gasteiger partial charge is 0.350 e. The maximum Gasteiger partial charge on any atom is 0.242 e. The number of carbonyl (C=O) groups excluding carboxylic acids is 1. The molecule has 1 heterocycles. The monoisotopic (exact) mass is 291 g/mol. The van der Waals surface area contributed by atoms with E-state index in [-0.39, 0.29) is 12.5 Å². The van der Waals surface area contributed by atoms with Crippen molar-refractivity contribution >= 4 is 16.9 Å². The molecule has 0 aliphatic carbocycles. The number of hydrogen-bond donors (Lipinski definition) is 1. The molecule has 3 rings (SSSR count). The normalized spacial score (nSPS) is 10.3. The van der Waals surface area contributed by atoms with Crippen LogP contribution < -0.4 is 5.32 Å². The Bertz CT molecular complexity index is 862. The van der Waals surface area contributed by atoms with Crippen molar-refractivity contribution in [1.29, 1.82) is 5.26 Å². The lowest BCUT2D eigenvalue weighted by atomic mass is 10.1. The van der Waals surface area contributed by atoms with Gasteiger partial charge in [0, 0.05) is 6.54 Å². The first-order chi connectivity index (χ1) is 10.8. The number of para-hydroxylation sites is 1. The lowest BCUT2D eigenvalue weighted by Gasteiger charge is -2.06. The standard InChI is InChI=1S/C16H13N5O/c17-9-12-4-3-5-13(8-12)10-18-16(22)11-21-15-7-2-1-6-14(15)19-20-21/h1-8H,10-11H2,(H,18,22). The molecular formula is C16H13N5O. The molecule has 0 atom stereocenters. The van der Waals surface area contributed by atoms with Crippen LogP contribution in [0, 0.1) is 11.3 Å². The molecule has 1 aromatic heterocycles. The van der Waals surface area contributed by atoms with E-state index in [9.17, 15) is 4.79 Å². The van der Waals surface area contributed by atoms with Gasteiger partial charge >= 0.3 is 0 Å². The molecule has 0 aliphatic heterocycles. The van der Waals surface area contributed by atoms with Gasteiger partial charge < -0.3 is 5.32 Å². The number of hydrogen-bond acceptors (Lipinski definition) is 4. The van der Waals surface area contributed by atoms with Gasteiger partial charge in [-0.2, -0.15) is 5.26 Å². The zero-order chi connectivity index (χ0) is 15.4. The van der Waals surface area contributed by atoms with E-state index >= 15 is 0 Å². The number of carbonyl (C=O) groups is 1.